The number of unbranched alkanes of at least 4 members (excludes halogenated alkanes) is 1. The summed E-state index contributed by atoms with van der Waals surface area (Å²) in [5, 5.41) is 12.1. The lowest BCUT2D eigenvalue weighted by atomic mass is 10.1. The summed E-state index contributed by atoms with van der Waals surface area (Å²) in [6.45, 7) is 0.316. The first-order chi connectivity index (χ1) is 13.2. The number of fused-ring (bicyclic) bond motifs is 1. The number of hydrogen-bond donors (Lipinski definition) is 1. The number of rotatable bonds is 7. The van der Waals surface area contributed by atoms with E-state index in [1.165, 1.54) is 6.07 Å². The number of aromatic nitrogens is 1. The molecule has 0 saturated carbocycles. The summed E-state index contributed by atoms with van der Waals surface area (Å²) in [6.07, 6.45) is 2.59. The van der Waals surface area contributed by atoms with Crippen LogP contribution in [-0.2, 0) is 6.54 Å². The molecular formula is C21H18FN3O2. The molecule has 27 heavy (non-hydrogen) atoms. The number of nitrogens with zero attached hydrogens (tertiary/aromatic N) is 2. The van der Waals surface area contributed by atoms with Gasteiger partial charge >= 0.3 is 0 Å². The van der Waals surface area contributed by atoms with Gasteiger partial charge in [-0.05, 0) is 36.8 Å². The van der Waals surface area contributed by atoms with Gasteiger partial charge in [0.25, 0.3) is 5.91 Å². The van der Waals surface area contributed by atoms with Crippen LogP contribution >= 0.6 is 0 Å². The number of carbonyl (C=O) groups is 1. The van der Waals surface area contributed by atoms with E-state index >= 15 is 0 Å². The standard InChI is InChI=1S/C21H18FN3O2/c22-20-17(5-3-7-19(20)27-12-2-1-10-23)14-25-21(26)16-8-9-18-15(13-16)6-4-11-24-18/h3-9,11,13H,1-2,12,14H2,(H,25,26). The molecule has 0 radical (unpaired) electrons. The summed E-state index contributed by atoms with van der Waals surface area (Å²) in [7, 11) is 0. The number of nitriles is 1. The van der Waals surface area contributed by atoms with Crippen LogP contribution in [0.15, 0.2) is 54.7 Å². The van der Waals surface area contributed by atoms with Crippen LogP contribution in [0.1, 0.15) is 28.8 Å². The molecule has 0 aliphatic rings. The molecule has 0 spiro atoms. The number of halogens is 1. The third kappa shape index (κ3) is 4.59. The van der Waals surface area contributed by atoms with Gasteiger partial charge in [0.2, 0.25) is 0 Å². The maximum Gasteiger partial charge on any atom is 0.251 e. The van der Waals surface area contributed by atoms with Crippen molar-refractivity contribution >= 4 is 16.8 Å². The van der Waals surface area contributed by atoms with Crippen LogP contribution in [0.3, 0.4) is 0 Å². The zero-order valence-electron chi connectivity index (χ0n) is 14.6. The van der Waals surface area contributed by atoms with E-state index in [2.05, 4.69) is 10.3 Å². The van der Waals surface area contributed by atoms with Crippen molar-refractivity contribution in [3.05, 3.63) is 71.7 Å². The Kier molecular flexibility index (Phi) is 5.95. The number of amides is 1. The lowest BCUT2D eigenvalue weighted by molar-refractivity contribution is 0.0950. The zero-order chi connectivity index (χ0) is 19.1. The van der Waals surface area contributed by atoms with Gasteiger partial charge in [-0.3, -0.25) is 9.78 Å². The third-order valence-electron chi connectivity index (χ3n) is 4.04. The average Bonchev–Trinajstić information content (AvgIpc) is 2.70. The molecule has 6 heteroatoms. The number of carbonyl (C=O) groups excluding carboxylic acids is 1. The van der Waals surface area contributed by atoms with Crippen molar-refractivity contribution in [2.45, 2.75) is 19.4 Å². The maximum absolute atomic E-state index is 14.5. The summed E-state index contributed by atoms with van der Waals surface area (Å²) < 4.78 is 19.9. The predicted octanol–water partition coefficient (Wildman–Crippen LogP) is 3.99. The summed E-state index contributed by atoms with van der Waals surface area (Å²) >= 11 is 0. The van der Waals surface area contributed by atoms with Crippen LogP contribution in [0.25, 0.3) is 10.9 Å². The highest BCUT2D eigenvalue weighted by Gasteiger charge is 2.12. The van der Waals surface area contributed by atoms with Crippen LogP contribution in [-0.4, -0.2) is 17.5 Å². The molecule has 0 saturated heterocycles. The smallest absolute Gasteiger partial charge is 0.251 e. The van der Waals surface area contributed by atoms with Crippen molar-refractivity contribution in [3.63, 3.8) is 0 Å². The van der Waals surface area contributed by atoms with Gasteiger partial charge in [0.05, 0.1) is 18.2 Å². The summed E-state index contributed by atoms with van der Waals surface area (Å²) in [5.41, 5.74) is 1.63. The second-order valence-corrected chi connectivity index (χ2v) is 5.93. The molecule has 1 aromatic heterocycles. The van der Waals surface area contributed by atoms with Gasteiger partial charge in [-0.25, -0.2) is 4.39 Å². The highest BCUT2D eigenvalue weighted by Crippen LogP contribution is 2.21. The monoisotopic (exact) mass is 363 g/mol. The van der Waals surface area contributed by atoms with Crippen LogP contribution in [0.4, 0.5) is 4.39 Å². The number of hydrogen-bond acceptors (Lipinski definition) is 4. The van der Waals surface area contributed by atoms with Gasteiger partial charge < -0.3 is 10.1 Å². The summed E-state index contributed by atoms with van der Waals surface area (Å²) in [5.74, 6) is -0.672. The molecule has 0 atom stereocenters. The van der Waals surface area contributed by atoms with E-state index in [-0.39, 0.29) is 24.8 Å². The van der Waals surface area contributed by atoms with Crippen LogP contribution in [0.5, 0.6) is 5.75 Å². The van der Waals surface area contributed by atoms with E-state index in [1.54, 1.807) is 36.5 Å². The SMILES string of the molecule is N#CCCCOc1cccc(CNC(=O)c2ccc3ncccc3c2)c1F. The van der Waals surface area contributed by atoms with Crippen molar-refractivity contribution in [1.29, 1.82) is 5.26 Å². The minimum Gasteiger partial charge on any atom is -0.490 e. The minimum atomic E-state index is -0.502. The molecule has 0 unspecified atom stereocenters. The Morgan fingerprint density at radius 3 is 2.96 bits per heavy atom. The van der Waals surface area contributed by atoms with Gasteiger partial charge in [0.15, 0.2) is 11.6 Å². The fraction of sp³-hybridized carbons (Fsp3) is 0.190. The molecule has 2 aromatic carbocycles. The van der Waals surface area contributed by atoms with E-state index in [9.17, 15) is 9.18 Å². The highest BCUT2D eigenvalue weighted by molar-refractivity contribution is 5.97. The molecule has 0 aliphatic carbocycles. The van der Waals surface area contributed by atoms with Crippen molar-refractivity contribution in [2.24, 2.45) is 0 Å². The number of benzene rings is 2. The van der Waals surface area contributed by atoms with E-state index in [0.717, 1.165) is 10.9 Å². The Morgan fingerprint density at radius 1 is 1.22 bits per heavy atom. The molecular weight excluding hydrogens is 345 g/mol. The molecule has 3 aromatic rings. The maximum atomic E-state index is 14.5. The second kappa shape index (κ2) is 8.77. The predicted molar refractivity (Wildman–Crippen MR) is 99.7 cm³/mol. The van der Waals surface area contributed by atoms with Crippen LogP contribution in [0.2, 0.25) is 0 Å². The fourth-order valence-electron chi connectivity index (χ4n) is 2.63. The van der Waals surface area contributed by atoms with Crippen molar-refractivity contribution in [1.82, 2.24) is 10.3 Å². The number of pyridine rings is 1. The molecule has 0 fully saturated rings. The van der Waals surface area contributed by atoms with Crippen molar-refractivity contribution in [3.8, 4) is 11.8 Å². The summed E-state index contributed by atoms with van der Waals surface area (Å²) in [6, 6.07) is 15.7. The average molecular weight is 363 g/mol. The topological polar surface area (TPSA) is 75.0 Å². The van der Waals surface area contributed by atoms with E-state index in [0.29, 0.717) is 24.0 Å². The van der Waals surface area contributed by atoms with Gasteiger partial charge in [-0.2, -0.15) is 5.26 Å². The largest absolute Gasteiger partial charge is 0.490 e. The Hall–Kier alpha value is -3.46. The van der Waals surface area contributed by atoms with Gasteiger partial charge in [-0.1, -0.05) is 18.2 Å². The van der Waals surface area contributed by atoms with E-state index in [4.69, 9.17) is 10.00 Å². The molecule has 0 aliphatic heterocycles. The van der Waals surface area contributed by atoms with E-state index < -0.39 is 5.82 Å². The molecule has 1 heterocycles. The zero-order valence-corrected chi connectivity index (χ0v) is 14.6. The number of nitrogens with one attached hydrogen (secondary N) is 1. The quantitative estimate of drug-likeness (QED) is 0.644. The van der Waals surface area contributed by atoms with Gasteiger partial charge in [0, 0.05) is 35.7 Å². The first-order valence-electron chi connectivity index (χ1n) is 8.59. The van der Waals surface area contributed by atoms with Gasteiger partial charge in [0.1, 0.15) is 0 Å². The fourth-order valence-corrected chi connectivity index (χ4v) is 2.63. The molecule has 3 rings (SSSR count). The molecule has 1 N–H and O–H groups in total. The van der Waals surface area contributed by atoms with Gasteiger partial charge in [-0.15, -0.1) is 0 Å². The molecule has 5 nitrogen and oxygen atoms in total. The normalized spacial score (nSPS) is 10.4. The van der Waals surface area contributed by atoms with Crippen LogP contribution < -0.4 is 10.1 Å². The first-order valence-corrected chi connectivity index (χ1v) is 8.59. The minimum absolute atomic E-state index is 0.0468. The molecule has 0 bridgehead atoms. The first kappa shape index (κ1) is 18.3. The summed E-state index contributed by atoms with van der Waals surface area (Å²) in [4.78, 5) is 16.6. The lowest BCUT2D eigenvalue weighted by Gasteiger charge is -2.11. The Bertz CT molecular complexity index is 998. The van der Waals surface area contributed by atoms with Crippen molar-refractivity contribution < 1.29 is 13.9 Å². The van der Waals surface area contributed by atoms with Crippen molar-refractivity contribution in [2.75, 3.05) is 6.61 Å². The lowest BCUT2D eigenvalue weighted by Crippen LogP contribution is -2.23. The molecule has 136 valence electrons. The number of ether oxygens (including phenoxy) is 1. The second-order valence-electron chi connectivity index (χ2n) is 5.93. The van der Waals surface area contributed by atoms with Crippen LogP contribution in [0, 0.1) is 17.1 Å². The molecule has 1 amide bonds. The Morgan fingerprint density at radius 2 is 2.11 bits per heavy atom. The Balaban J connectivity index is 1.65. The highest BCUT2D eigenvalue weighted by atomic mass is 19.1. The Labute approximate surface area is 156 Å². The third-order valence-corrected chi connectivity index (χ3v) is 4.04. The van der Waals surface area contributed by atoms with E-state index in [1.807, 2.05) is 18.2 Å².